The molecule has 2 N–H and O–H groups in total. The number of alkyl halides is 3. The summed E-state index contributed by atoms with van der Waals surface area (Å²) in [5, 5.41) is 7.23. The van der Waals surface area contributed by atoms with Gasteiger partial charge in [-0.05, 0) is 37.1 Å². The monoisotopic (exact) mass is 356 g/mol. The Morgan fingerprint density at radius 2 is 2.12 bits per heavy atom. The van der Waals surface area contributed by atoms with Gasteiger partial charge in [0.05, 0.1) is 6.10 Å². The van der Waals surface area contributed by atoms with Crippen LogP contribution in [-0.2, 0) is 10.9 Å². The van der Waals surface area contributed by atoms with Crippen molar-refractivity contribution in [2.24, 2.45) is 0 Å². The van der Waals surface area contributed by atoms with Gasteiger partial charge in [-0.3, -0.25) is 15.2 Å². The minimum absolute atomic E-state index is 0.0801. The van der Waals surface area contributed by atoms with Crippen LogP contribution in [0.3, 0.4) is 0 Å². The minimum atomic E-state index is -4.65. The van der Waals surface area contributed by atoms with Crippen LogP contribution in [0.5, 0.6) is 5.75 Å². The number of carbonyl (C=O) groups is 1. The van der Waals surface area contributed by atoms with Gasteiger partial charge in [0.15, 0.2) is 0 Å². The lowest BCUT2D eigenvalue weighted by molar-refractivity contribution is -0.144. The molecule has 25 heavy (non-hydrogen) atoms. The Labute approximate surface area is 140 Å². The maximum atomic E-state index is 12.4. The molecule has 2 heterocycles. The zero-order valence-corrected chi connectivity index (χ0v) is 13.0. The number of nitrogens with one attached hydrogen (secondary N) is 2. The second-order valence-electron chi connectivity index (χ2n) is 5.43. The summed E-state index contributed by atoms with van der Waals surface area (Å²) in [4.78, 5) is 15.2. The molecule has 0 aliphatic carbocycles. The van der Waals surface area contributed by atoms with E-state index in [0.717, 1.165) is 19.4 Å². The number of nitrogens with zero attached hydrogens (tertiary/aromatic N) is 2. The van der Waals surface area contributed by atoms with Crippen molar-refractivity contribution in [2.45, 2.75) is 25.1 Å². The predicted octanol–water partition coefficient (Wildman–Crippen LogP) is 2.63. The number of hydrogen-bond donors (Lipinski definition) is 2. The number of halogens is 3. The zero-order valence-electron chi connectivity index (χ0n) is 13.0. The summed E-state index contributed by atoms with van der Waals surface area (Å²) in [5.74, 6) is -1.78. The lowest BCUT2D eigenvalue weighted by Crippen LogP contribution is -2.16. The van der Waals surface area contributed by atoms with Crippen LogP contribution in [-0.4, -0.2) is 40.4 Å². The smallest absolute Gasteiger partial charge is 0.451 e. The van der Waals surface area contributed by atoms with Gasteiger partial charge in [-0.25, -0.2) is 0 Å². The van der Waals surface area contributed by atoms with Gasteiger partial charge in [-0.15, -0.1) is 5.10 Å². The molecule has 1 unspecified atom stereocenters. The average Bonchev–Trinajstić information content (AvgIpc) is 3.24. The van der Waals surface area contributed by atoms with Gasteiger partial charge >= 0.3 is 6.18 Å². The zero-order chi connectivity index (χ0) is 17.9. The van der Waals surface area contributed by atoms with Crippen LogP contribution in [0.4, 0.5) is 19.1 Å². The molecular weight excluding hydrogens is 341 g/mol. The highest BCUT2D eigenvalue weighted by atomic mass is 19.4. The average molecular weight is 356 g/mol. The van der Waals surface area contributed by atoms with E-state index >= 15 is 0 Å². The number of aromatic amines is 1. The Balaban J connectivity index is 1.56. The van der Waals surface area contributed by atoms with Crippen LogP contribution in [0.2, 0.25) is 0 Å². The van der Waals surface area contributed by atoms with E-state index in [1.807, 2.05) is 0 Å². The molecule has 0 radical (unpaired) electrons. The first-order valence-corrected chi connectivity index (χ1v) is 7.57. The van der Waals surface area contributed by atoms with Crippen LogP contribution in [0.1, 0.15) is 29.0 Å². The van der Waals surface area contributed by atoms with Crippen molar-refractivity contribution < 1.29 is 27.4 Å². The van der Waals surface area contributed by atoms with Crippen molar-refractivity contribution in [3.05, 3.63) is 35.7 Å². The highest BCUT2D eigenvalue weighted by Gasteiger charge is 2.35. The lowest BCUT2D eigenvalue weighted by atomic mass is 10.2. The van der Waals surface area contributed by atoms with Crippen LogP contribution in [0.25, 0.3) is 0 Å². The van der Waals surface area contributed by atoms with Crippen molar-refractivity contribution in [3.63, 3.8) is 0 Å². The van der Waals surface area contributed by atoms with E-state index in [1.54, 1.807) is 17.2 Å². The SMILES string of the molecule is O=C(Nc1n[nH]c(C(F)(F)F)n1)c1ccc(OCC2CCCO2)cc1. The summed E-state index contributed by atoms with van der Waals surface area (Å²) >= 11 is 0. The third-order valence-electron chi connectivity index (χ3n) is 3.56. The predicted molar refractivity (Wildman–Crippen MR) is 80.2 cm³/mol. The lowest BCUT2D eigenvalue weighted by Gasteiger charge is -2.11. The fourth-order valence-corrected chi connectivity index (χ4v) is 2.29. The molecule has 1 aromatic heterocycles. The summed E-state index contributed by atoms with van der Waals surface area (Å²) in [6.45, 7) is 1.17. The fourth-order valence-electron chi connectivity index (χ4n) is 2.29. The number of H-pyrrole nitrogens is 1. The van der Waals surface area contributed by atoms with E-state index < -0.39 is 23.9 Å². The summed E-state index contributed by atoms with van der Waals surface area (Å²) in [5.41, 5.74) is 0.239. The standard InChI is InChI=1S/C15H15F3N4O3/c16-15(17,18)13-20-14(22-21-13)19-12(23)9-3-5-10(6-4-9)25-8-11-2-1-7-24-11/h3-6,11H,1-2,7-8H2,(H2,19,20,21,22,23). The molecule has 0 saturated carbocycles. The van der Waals surface area contributed by atoms with E-state index in [2.05, 4.69) is 15.4 Å². The number of aromatic nitrogens is 3. The van der Waals surface area contributed by atoms with Crippen molar-refractivity contribution in [2.75, 3.05) is 18.5 Å². The number of amides is 1. The van der Waals surface area contributed by atoms with Gasteiger partial charge in [-0.2, -0.15) is 18.2 Å². The Bertz CT molecular complexity index is 724. The second kappa shape index (κ2) is 7.09. The molecule has 2 aromatic rings. The maximum absolute atomic E-state index is 12.4. The maximum Gasteiger partial charge on any atom is 0.451 e. The molecule has 1 fully saturated rings. The second-order valence-corrected chi connectivity index (χ2v) is 5.43. The summed E-state index contributed by atoms with van der Waals surface area (Å²) in [6, 6.07) is 6.20. The molecule has 134 valence electrons. The first-order chi connectivity index (χ1) is 11.9. The number of rotatable bonds is 5. The Hall–Kier alpha value is -2.62. The van der Waals surface area contributed by atoms with Gasteiger partial charge in [0.1, 0.15) is 12.4 Å². The van der Waals surface area contributed by atoms with Gasteiger partial charge < -0.3 is 9.47 Å². The third kappa shape index (κ3) is 4.47. The van der Waals surface area contributed by atoms with E-state index in [9.17, 15) is 18.0 Å². The van der Waals surface area contributed by atoms with Gasteiger partial charge in [0.25, 0.3) is 5.91 Å². The molecule has 3 rings (SSSR count). The van der Waals surface area contributed by atoms with Gasteiger partial charge in [-0.1, -0.05) is 0 Å². The summed E-state index contributed by atoms with van der Waals surface area (Å²) in [6.07, 6.45) is -2.60. The summed E-state index contributed by atoms with van der Waals surface area (Å²) in [7, 11) is 0. The Kier molecular flexibility index (Phi) is 4.88. The van der Waals surface area contributed by atoms with Gasteiger partial charge in [0, 0.05) is 12.2 Å². The molecular formula is C15H15F3N4O3. The fraction of sp³-hybridized carbons (Fsp3) is 0.400. The quantitative estimate of drug-likeness (QED) is 0.860. The first kappa shape index (κ1) is 17.2. The normalized spacial score (nSPS) is 17.5. The van der Waals surface area contributed by atoms with Crippen molar-refractivity contribution >= 4 is 11.9 Å². The third-order valence-corrected chi connectivity index (χ3v) is 3.56. The number of anilines is 1. The van der Waals surface area contributed by atoms with Crippen LogP contribution < -0.4 is 10.1 Å². The molecule has 1 aliphatic rings. The van der Waals surface area contributed by atoms with Crippen molar-refractivity contribution in [1.82, 2.24) is 15.2 Å². The summed E-state index contributed by atoms with van der Waals surface area (Å²) < 4.78 is 48.3. The van der Waals surface area contributed by atoms with Crippen LogP contribution in [0.15, 0.2) is 24.3 Å². The van der Waals surface area contributed by atoms with Gasteiger partial charge in [0.2, 0.25) is 11.8 Å². The number of hydrogen-bond acceptors (Lipinski definition) is 5. The number of carbonyl (C=O) groups excluding carboxylic acids is 1. The van der Waals surface area contributed by atoms with Crippen LogP contribution >= 0.6 is 0 Å². The number of ether oxygens (including phenoxy) is 2. The topological polar surface area (TPSA) is 89.1 Å². The number of benzene rings is 1. The van der Waals surface area contributed by atoms with E-state index in [0.29, 0.717) is 12.4 Å². The first-order valence-electron chi connectivity index (χ1n) is 7.57. The highest BCUT2D eigenvalue weighted by Crippen LogP contribution is 2.26. The van der Waals surface area contributed by atoms with Crippen molar-refractivity contribution in [1.29, 1.82) is 0 Å². The minimum Gasteiger partial charge on any atom is -0.491 e. The molecule has 0 spiro atoms. The molecule has 0 bridgehead atoms. The molecule has 1 aliphatic heterocycles. The molecule has 1 atom stereocenters. The van der Waals surface area contributed by atoms with Crippen LogP contribution in [0, 0.1) is 0 Å². The molecule has 1 aromatic carbocycles. The Morgan fingerprint density at radius 3 is 2.72 bits per heavy atom. The highest BCUT2D eigenvalue weighted by molar-refractivity contribution is 6.03. The largest absolute Gasteiger partial charge is 0.491 e. The molecule has 1 saturated heterocycles. The van der Waals surface area contributed by atoms with Crippen molar-refractivity contribution in [3.8, 4) is 5.75 Å². The van der Waals surface area contributed by atoms with E-state index in [-0.39, 0.29) is 11.7 Å². The van der Waals surface area contributed by atoms with E-state index in [4.69, 9.17) is 9.47 Å². The Morgan fingerprint density at radius 1 is 1.36 bits per heavy atom. The molecule has 10 heteroatoms. The molecule has 7 nitrogen and oxygen atoms in total. The van der Waals surface area contributed by atoms with E-state index in [1.165, 1.54) is 12.1 Å². The molecule has 1 amide bonds.